The van der Waals surface area contributed by atoms with Gasteiger partial charge in [-0.25, -0.2) is 8.78 Å². The maximum Gasteiger partial charge on any atom is 0.258 e. The van der Waals surface area contributed by atoms with Crippen molar-refractivity contribution in [2.75, 3.05) is 10.6 Å². The van der Waals surface area contributed by atoms with Gasteiger partial charge in [0.1, 0.15) is 11.6 Å². The molecule has 0 aliphatic rings. The van der Waals surface area contributed by atoms with Crippen molar-refractivity contribution in [1.82, 2.24) is 0 Å². The quantitative estimate of drug-likeness (QED) is 0.381. The van der Waals surface area contributed by atoms with Crippen LogP contribution in [0.4, 0.5) is 20.2 Å². The standard InChI is InChI=1S/C28H18F2N2O2/c29-23-13-5-3-11-21(23)27(33)31-25-15-7-1-9-19(25)17-18-20-10-2-8-16-26(20)32-28(34)22-12-4-6-14-24(22)30/h1-16H,(H,31,33)(H,32,34). The van der Waals surface area contributed by atoms with Crippen molar-refractivity contribution in [1.29, 1.82) is 0 Å². The lowest BCUT2D eigenvalue weighted by Gasteiger charge is -2.09. The van der Waals surface area contributed by atoms with E-state index in [2.05, 4.69) is 22.5 Å². The Balaban J connectivity index is 1.59. The van der Waals surface area contributed by atoms with Crippen molar-refractivity contribution >= 4 is 23.2 Å². The highest BCUT2D eigenvalue weighted by atomic mass is 19.1. The Morgan fingerprint density at radius 1 is 0.529 bits per heavy atom. The molecule has 6 heteroatoms. The van der Waals surface area contributed by atoms with Gasteiger partial charge in [0, 0.05) is 11.1 Å². The van der Waals surface area contributed by atoms with E-state index < -0.39 is 23.4 Å². The Kier molecular flexibility index (Phi) is 6.76. The summed E-state index contributed by atoms with van der Waals surface area (Å²) in [4.78, 5) is 25.0. The van der Waals surface area contributed by atoms with E-state index in [1.807, 2.05) is 0 Å². The third-order valence-corrected chi connectivity index (χ3v) is 4.92. The van der Waals surface area contributed by atoms with E-state index in [-0.39, 0.29) is 11.1 Å². The van der Waals surface area contributed by atoms with Gasteiger partial charge in [0.25, 0.3) is 11.8 Å². The topological polar surface area (TPSA) is 58.2 Å². The molecule has 0 spiro atoms. The summed E-state index contributed by atoms with van der Waals surface area (Å²) in [6, 6.07) is 25.1. The second-order valence-corrected chi connectivity index (χ2v) is 7.21. The highest BCUT2D eigenvalue weighted by Crippen LogP contribution is 2.19. The molecule has 0 aliphatic carbocycles. The van der Waals surface area contributed by atoms with E-state index in [1.165, 1.54) is 36.4 Å². The number of carbonyl (C=O) groups excluding carboxylic acids is 2. The summed E-state index contributed by atoms with van der Waals surface area (Å²) in [5, 5.41) is 5.37. The average molecular weight is 452 g/mol. The molecule has 0 unspecified atom stereocenters. The van der Waals surface area contributed by atoms with Crippen LogP contribution in [0.15, 0.2) is 97.1 Å². The summed E-state index contributed by atoms with van der Waals surface area (Å²) in [6.07, 6.45) is 0. The number of carbonyl (C=O) groups is 2. The molecule has 0 heterocycles. The van der Waals surface area contributed by atoms with E-state index in [4.69, 9.17) is 0 Å². The van der Waals surface area contributed by atoms with Crippen LogP contribution >= 0.6 is 0 Å². The second-order valence-electron chi connectivity index (χ2n) is 7.21. The number of benzene rings is 4. The van der Waals surface area contributed by atoms with Crippen molar-refractivity contribution in [2.24, 2.45) is 0 Å². The molecular weight excluding hydrogens is 434 g/mol. The molecule has 34 heavy (non-hydrogen) atoms. The lowest BCUT2D eigenvalue weighted by molar-refractivity contribution is 0.101. The SMILES string of the molecule is O=C(Nc1ccccc1C#Cc1ccccc1NC(=O)c1ccccc1F)c1ccccc1F. The predicted octanol–water partition coefficient (Wildman–Crippen LogP) is 5.87. The molecule has 166 valence electrons. The van der Waals surface area contributed by atoms with Crippen LogP contribution < -0.4 is 10.6 Å². The predicted molar refractivity (Wildman–Crippen MR) is 128 cm³/mol. The largest absolute Gasteiger partial charge is 0.321 e. The number of nitrogens with one attached hydrogen (secondary N) is 2. The van der Waals surface area contributed by atoms with Crippen LogP contribution in [0.5, 0.6) is 0 Å². The third kappa shape index (κ3) is 5.17. The van der Waals surface area contributed by atoms with Crippen LogP contribution in [0.3, 0.4) is 0 Å². The molecule has 0 aliphatic heterocycles. The van der Waals surface area contributed by atoms with E-state index in [0.717, 1.165) is 0 Å². The third-order valence-electron chi connectivity index (χ3n) is 4.92. The van der Waals surface area contributed by atoms with Crippen LogP contribution in [0.25, 0.3) is 0 Å². The van der Waals surface area contributed by atoms with Gasteiger partial charge in [-0.1, -0.05) is 60.4 Å². The Morgan fingerprint density at radius 2 is 0.882 bits per heavy atom. The molecule has 4 rings (SSSR count). The number of hydrogen-bond acceptors (Lipinski definition) is 2. The number of hydrogen-bond donors (Lipinski definition) is 2. The smallest absolute Gasteiger partial charge is 0.258 e. The molecule has 4 nitrogen and oxygen atoms in total. The fourth-order valence-electron chi connectivity index (χ4n) is 3.21. The molecule has 0 radical (unpaired) electrons. The summed E-state index contributed by atoms with van der Waals surface area (Å²) < 4.78 is 27.9. The van der Waals surface area contributed by atoms with Gasteiger partial charge in [0.05, 0.1) is 22.5 Å². The summed E-state index contributed by atoms with van der Waals surface area (Å²) in [7, 11) is 0. The van der Waals surface area contributed by atoms with Crippen molar-refractivity contribution in [2.45, 2.75) is 0 Å². The van der Waals surface area contributed by atoms with Crippen molar-refractivity contribution in [3.63, 3.8) is 0 Å². The van der Waals surface area contributed by atoms with E-state index in [1.54, 1.807) is 60.7 Å². The summed E-state index contributed by atoms with van der Waals surface area (Å²) in [5.74, 6) is 3.53. The number of anilines is 2. The Bertz CT molecular complexity index is 1330. The van der Waals surface area contributed by atoms with E-state index >= 15 is 0 Å². The minimum absolute atomic E-state index is 0.0773. The van der Waals surface area contributed by atoms with Crippen LogP contribution in [-0.2, 0) is 0 Å². The number of halogens is 2. The molecule has 0 fully saturated rings. The van der Waals surface area contributed by atoms with Gasteiger partial charge in [-0.3, -0.25) is 9.59 Å². The normalized spacial score (nSPS) is 10.1. The van der Waals surface area contributed by atoms with Gasteiger partial charge in [0.15, 0.2) is 0 Å². The van der Waals surface area contributed by atoms with Crippen LogP contribution in [0.2, 0.25) is 0 Å². The summed E-state index contributed by atoms with van der Waals surface area (Å²) in [5.41, 5.74) is 1.68. The first-order valence-electron chi connectivity index (χ1n) is 10.3. The number of para-hydroxylation sites is 2. The molecule has 4 aromatic rings. The van der Waals surface area contributed by atoms with Crippen LogP contribution in [0, 0.1) is 23.5 Å². The Hall–Kier alpha value is -4.76. The molecule has 2 amide bonds. The first-order valence-corrected chi connectivity index (χ1v) is 10.3. The van der Waals surface area contributed by atoms with Crippen LogP contribution in [0.1, 0.15) is 31.8 Å². The zero-order chi connectivity index (χ0) is 23.9. The maximum absolute atomic E-state index is 14.0. The maximum atomic E-state index is 14.0. The lowest BCUT2D eigenvalue weighted by atomic mass is 10.1. The minimum atomic E-state index is -0.622. The monoisotopic (exact) mass is 452 g/mol. The first-order chi connectivity index (χ1) is 16.5. The van der Waals surface area contributed by atoms with Gasteiger partial charge in [-0.2, -0.15) is 0 Å². The molecular formula is C28H18F2N2O2. The summed E-state index contributed by atoms with van der Waals surface area (Å²) in [6.45, 7) is 0. The molecule has 4 aromatic carbocycles. The highest BCUT2D eigenvalue weighted by Gasteiger charge is 2.13. The van der Waals surface area contributed by atoms with Crippen molar-refractivity contribution in [3.05, 3.63) is 131 Å². The first kappa shape index (κ1) is 22.4. The highest BCUT2D eigenvalue weighted by molar-refractivity contribution is 6.06. The zero-order valence-corrected chi connectivity index (χ0v) is 17.8. The second kappa shape index (κ2) is 10.2. The number of amides is 2. The van der Waals surface area contributed by atoms with Gasteiger partial charge in [0.2, 0.25) is 0 Å². The molecule has 0 bridgehead atoms. The Labute approximate surface area is 195 Å². The van der Waals surface area contributed by atoms with E-state index in [0.29, 0.717) is 22.5 Å². The molecule has 0 aromatic heterocycles. The van der Waals surface area contributed by atoms with Gasteiger partial charge in [-0.05, 0) is 48.5 Å². The molecule has 0 saturated heterocycles. The number of rotatable bonds is 4. The molecule has 0 atom stereocenters. The fraction of sp³-hybridized carbons (Fsp3) is 0. The van der Waals surface area contributed by atoms with Gasteiger partial charge < -0.3 is 10.6 Å². The van der Waals surface area contributed by atoms with Gasteiger partial charge >= 0.3 is 0 Å². The van der Waals surface area contributed by atoms with Crippen LogP contribution in [-0.4, -0.2) is 11.8 Å². The molecule has 2 N–H and O–H groups in total. The summed E-state index contributed by atoms with van der Waals surface area (Å²) >= 11 is 0. The minimum Gasteiger partial charge on any atom is -0.321 e. The fourth-order valence-corrected chi connectivity index (χ4v) is 3.21. The lowest BCUT2D eigenvalue weighted by Crippen LogP contribution is -2.14. The zero-order valence-electron chi connectivity index (χ0n) is 17.8. The Morgan fingerprint density at radius 3 is 1.29 bits per heavy atom. The van der Waals surface area contributed by atoms with Crippen molar-refractivity contribution < 1.29 is 18.4 Å². The van der Waals surface area contributed by atoms with E-state index in [9.17, 15) is 18.4 Å². The molecule has 0 saturated carbocycles. The van der Waals surface area contributed by atoms with Gasteiger partial charge in [-0.15, -0.1) is 0 Å². The average Bonchev–Trinajstić information content (AvgIpc) is 2.84. The van der Waals surface area contributed by atoms with Crippen molar-refractivity contribution in [3.8, 4) is 11.8 Å².